The summed E-state index contributed by atoms with van der Waals surface area (Å²) in [5, 5.41) is 2.63. The highest BCUT2D eigenvalue weighted by Gasteiger charge is 2.33. The summed E-state index contributed by atoms with van der Waals surface area (Å²) in [6, 6.07) is 16.0. The molecular weight excluding hydrogens is 388 g/mol. The van der Waals surface area contributed by atoms with Crippen LogP contribution in [0.15, 0.2) is 48.5 Å². The zero-order chi connectivity index (χ0) is 19.5. The van der Waals surface area contributed by atoms with Crippen LogP contribution in [0.2, 0.25) is 0 Å². The van der Waals surface area contributed by atoms with E-state index in [-0.39, 0.29) is 11.8 Å². The van der Waals surface area contributed by atoms with Crippen LogP contribution in [0.3, 0.4) is 0 Å². The molecule has 2 aromatic rings. The van der Waals surface area contributed by atoms with Crippen molar-refractivity contribution in [2.24, 2.45) is 0 Å². The van der Waals surface area contributed by atoms with Gasteiger partial charge in [-0.1, -0.05) is 24.3 Å². The molecule has 1 saturated heterocycles. The van der Waals surface area contributed by atoms with E-state index in [2.05, 4.69) is 17.4 Å². The number of nitrogens with zero attached hydrogens (tertiary/aromatic N) is 1. The topological polar surface area (TPSA) is 49.4 Å². The second-order valence-corrected chi connectivity index (χ2v) is 9.86. The maximum absolute atomic E-state index is 13.1. The van der Waals surface area contributed by atoms with Gasteiger partial charge in [0.1, 0.15) is 0 Å². The van der Waals surface area contributed by atoms with Crippen molar-refractivity contribution in [3.8, 4) is 0 Å². The number of thioether (sulfide) groups is 2. The first-order valence-corrected chi connectivity index (χ1v) is 11.7. The molecular formula is C22H24N2O2S2. The number of hydrogen-bond acceptors (Lipinski definition) is 4. The van der Waals surface area contributed by atoms with Crippen molar-refractivity contribution in [3.05, 3.63) is 70.8 Å². The molecule has 0 aromatic heterocycles. The van der Waals surface area contributed by atoms with Gasteiger partial charge in [-0.25, -0.2) is 0 Å². The van der Waals surface area contributed by atoms with E-state index in [1.54, 1.807) is 7.05 Å². The Morgan fingerprint density at radius 1 is 0.964 bits per heavy atom. The van der Waals surface area contributed by atoms with Gasteiger partial charge in [-0.2, -0.15) is 0 Å². The minimum atomic E-state index is -0.0969. The average Bonchev–Trinajstić information content (AvgIpc) is 3.44. The van der Waals surface area contributed by atoms with Gasteiger partial charge in [0.25, 0.3) is 11.8 Å². The molecule has 2 amide bonds. The Bertz CT molecular complexity index is 842. The van der Waals surface area contributed by atoms with E-state index in [9.17, 15) is 9.59 Å². The van der Waals surface area contributed by atoms with Gasteiger partial charge in [-0.05, 0) is 48.2 Å². The molecule has 2 aliphatic rings. The van der Waals surface area contributed by atoms with Crippen LogP contribution < -0.4 is 5.32 Å². The predicted molar refractivity (Wildman–Crippen MR) is 117 cm³/mol. The monoisotopic (exact) mass is 412 g/mol. The average molecular weight is 413 g/mol. The van der Waals surface area contributed by atoms with Crippen LogP contribution in [0, 0.1) is 0 Å². The Labute approximate surface area is 174 Å². The molecule has 2 aromatic carbocycles. The Kier molecular flexibility index (Phi) is 5.97. The molecule has 1 saturated carbocycles. The fourth-order valence-electron chi connectivity index (χ4n) is 3.36. The lowest BCUT2D eigenvalue weighted by molar-refractivity contribution is 0.0729. The van der Waals surface area contributed by atoms with Crippen LogP contribution in [0.5, 0.6) is 0 Å². The van der Waals surface area contributed by atoms with Gasteiger partial charge in [-0.15, -0.1) is 23.5 Å². The lowest BCUT2D eigenvalue weighted by Gasteiger charge is -2.23. The third kappa shape index (κ3) is 4.39. The van der Waals surface area contributed by atoms with Gasteiger partial charge in [0.05, 0.1) is 4.58 Å². The number of benzene rings is 2. The normalized spacial score (nSPS) is 16.8. The molecule has 0 radical (unpaired) electrons. The lowest BCUT2D eigenvalue weighted by atomic mass is 10.1. The molecule has 2 fully saturated rings. The van der Waals surface area contributed by atoms with E-state index in [0.717, 1.165) is 24.0 Å². The smallest absolute Gasteiger partial charge is 0.254 e. The van der Waals surface area contributed by atoms with Crippen molar-refractivity contribution in [1.29, 1.82) is 0 Å². The number of amides is 2. The van der Waals surface area contributed by atoms with Crippen LogP contribution in [0.25, 0.3) is 0 Å². The van der Waals surface area contributed by atoms with Gasteiger partial charge >= 0.3 is 0 Å². The minimum Gasteiger partial charge on any atom is -0.355 e. The van der Waals surface area contributed by atoms with Crippen LogP contribution in [-0.4, -0.2) is 41.3 Å². The third-order valence-electron chi connectivity index (χ3n) is 5.10. The van der Waals surface area contributed by atoms with Gasteiger partial charge < -0.3 is 10.2 Å². The predicted octanol–water partition coefficient (Wildman–Crippen LogP) is 4.33. The van der Waals surface area contributed by atoms with E-state index < -0.39 is 0 Å². The van der Waals surface area contributed by atoms with E-state index in [4.69, 9.17) is 0 Å². The van der Waals surface area contributed by atoms with Gasteiger partial charge in [0.2, 0.25) is 0 Å². The first-order valence-electron chi connectivity index (χ1n) is 9.61. The first-order chi connectivity index (χ1) is 13.7. The largest absolute Gasteiger partial charge is 0.355 e. The van der Waals surface area contributed by atoms with E-state index in [1.165, 1.54) is 17.1 Å². The first kappa shape index (κ1) is 19.4. The maximum Gasteiger partial charge on any atom is 0.254 e. The Hall–Kier alpha value is -1.92. The number of nitrogens with one attached hydrogen (secondary N) is 1. The van der Waals surface area contributed by atoms with Crippen LogP contribution in [0.4, 0.5) is 0 Å². The quantitative estimate of drug-likeness (QED) is 0.767. The van der Waals surface area contributed by atoms with Crippen LogP contribution in [-0.2, 0) is 6.54 Å². The highest BCUT2D eigenvalue weighted by atomic mass is 32.2. The summed E-state index contributed by atoms with van der Waals surface area (Å²) in [6.07, 6.45) is 2.13. The standard InChI is InChI=1S/C22H24N2O2S2/c1-23-20(25)16-4-2-15(3-5-16)14-24(19-10-11-19)21(26)17-6-8-18(9-7-17)22-27-12-13-28-22/h2-9,19,22H,10-14H2,1H3,(H,23,25). The van der Waals surface area contributed by atoms with Gasteiger partial charge in [-0.3, -0.25) is 9.59 Å². The summed E-state index contributed by atoms with van der Waals surface area (Å²) < 4.78 is 0.502. The second kappa shape index (κ2) is 8.62. The Balaban J connectivity index is 1.46. The van der Waals surface area contributed by atoms with E-state index in [0.29, 0.717) is 22.7 Å². The summed E-state index contributed by atoms with van der Waals surface area (Å²) >= 11 is 3.95. The number of carbonyl (C=O) groups is 2. The summed E-state index contributed by atoms with van der Waals surface area (Å²) in [4.78, 5) is 26.8. The molecule has 0 unspecified atom stereocenters. The number of hydrogen-bond donors (Lipinski definition) is 1. The minimum absolute atomic E-state index is 0.0937. The summed E-state index contributed by atoms with van der Waals surface area (Å²) in [5.41, 5.74) is 3.73. The van der Waals surface area contributed by atoms with E-state index in [1.807, 2.05) is 64.8 Å². The molecule has 4 rings (SSSR count). The maximum atomic E-state index is 13.1. The molecule has 0 spiro atoms. The molecule has 0 atom stereocenters. The molecule has 4 nitrogen and oxygen atoms in total. The van der Waals surface area contributed by atoms with Crippen molar-refractivity contribution >= 4 is 35.3 Å². The summed E-state index contributed by atoms with van der Waals surface area (Å²) in [6.45, 7) is 0.577. The van der Waals surface area contributed by atoms with Crippen LogP contribution in [0.1, 0.15) is 49.3 Å². The van der Waals surface area contributed by atoms with Crippen molar-refractivity contribution in [2.75, 3.05) is 18.6 Å². The second-order valence-electron chi connectivity index (χ2n) is 7.14. The summed E-state index contributed by atoms with van der Waals surface area (Å²) in [5.74, 6) is 2.39. The molecule has 1 aliphatic heterocycles. The molecule has 28 heavy (non-hydrogen) atoms. The van der Waals surface area contributed by atoms with Gasteiger partial charge in [0, 0.05) is 42.3 Å². The Morgan fingerprint density at radius 3 is 2.14 bits per heavy atom. The molecule has 0 bridgehead atoms. The van der Waals surface area contributed by atoms with Gasteiger partial charge in [0.15, 0.2) is 0 Å². The molecule has 1 aliphatic carbocycles. The fourth-order valence-corrected chi connectivity index (χ4v) is 6.21. The van der Waals surface area contributed by atoms with Crippen LogP contribution >= 0.6 is 23.5 Å². The fraction of sp³-hybridized carbons (Fsp3) is 0.364. The molecule has 6 heteroatoms. The SMILES string of the molecule is CNC(=O)c1ccc(CN(C(=O)c2ccc(C3SCCS3)cc2)C2CC2)cc1. The van der Waals surface area contributed by atoms with Crippen molar-refractivity contribution < 1.29 is 9.59 Å². The zero-order valence-corrected chi connectivity index (χ0v) is 17.5. The van der Waals surface area contributed by atoms with Crippen molar-refractivity contribution in [2.45, 2.75) is 30.0 Å². The number of rotatable bonds is 6. The summed E-state index contributed by atoms with van der Waals surface area (Å²) in [7, 11) is 1.62. The molecule has 146 valence electrons. The third-order valence-corrected chi connectivity index (χ3v) is 8.20. The van der Waals surface area contributed by atoms with E-state index >= 15 is 0 Å². The highest BCUT2D eigenvalue weighted by molar-refractivity contribution is 8.19. The Morgan fingerprint density at radius 2 is 1.57 bits per heavy atom. The highest BCUT2D eigenvalue weighted by Crippen LogP contribution is 2.45. The van der Waals surface area contributed by atoms with Crippen molar-refractivity contribution in [3.63, 3.8) is 0 Å². The number of carbonyl (C=O) groups excluding carboxylic acids is 2. The zero-order valence-electron chi connectivity index (χ0n) is 15.9. The molecule has 1 N–H and O–H groups in total. The lowest BCUT2D eigenvalue weighted by Crippen LogP contribution is -2.32. The molecule has 1 heterocycles. The van der Waals surface area contributed by atoms with Crippen molar-refractivity contribution in [1.82, 2.24) is 10.2 Å².